The van der Waals surface area contributed by atoms with Crippen molar-refractivity contribution in [2.24, 2.45) is 7.05 Å². The van der Waals surface area contributed by atoms with Crippen LogP contribution in [0, 0.1) is 13.8 Å². The lowest BCUT2D eigenvalue weighted by molar-refractivity contribution is -0.192. The number of likely N-dealkylation sites (N-methyl/N-ethyl adjacent to an activating group) is 1. The predicted molar refractivity (Wildman–Crippen MR) is 136 cm³/mol. The Hall–Kier alpha value is -4.06. The number of benzene rings is 2. The maximum absolute atomic E-state index is 12.5. The van der Waals surface area contributed by atoms with E-state index in [1.807, 2.05) is 37.5 Å². The lowest BCUT2D eigenvalue weighted by Crippen LogP contribution is -2.23. The number of aliphatic carboxylic acids is 1. The van der Waals surface area contributed by atoms with Crippen LogP contribution in [0.5, 0.6) is 0 Å². The first-order valence-corrected chi connectivity index (χ1v) is 11.4. The van der Waals surface area contributed by atoms with Crippen LogP contribution in [-0.4, -0.2) is 57.6 Å². The van der Waals surface area contributed by atoms with Gasteiger partial charge in [0.2, 0.25) is 0 Å². The quantitative estimate of drug-likeness (QED) is 0.377. The number of hydrogen-bond acceptors (Lipinski definition) is 5. The number of rotatable bonds is 7. The van der Waals surface area contributed by atoms with Gasteiger partial charge in [0.15, 0.2) is 0 Å². The van der Waals surface area contributed by atoms with Crippen molar-refractivity contribution in [1.29, 1.82) is 0 Å². The van der Waals surface area contributed by atoms with Crippen LogP contribution in [0.1, 0.15) is 37.7 Å². The maximum atomic E-state index is 12.5. The summed E-state index contributed by atoms with van der Waals surface area (Å²) in [5, 5.41) is 24.5. The summed E-state index contributed by atoms with van der Waals surface area (Å²) in [5.74, 6) is -4.18. The van der Waals surface area contributed by atoms with E-state index in [1.165, 1.54) is 6.07 Å². The van der Waals surface area contributed by atoms with E-state index in [-0.39, 0.29) is 11.5 Å². The number of alkyl halides is 3. The third-order valence-corrected chi connectivity index (χ3v) is 5.82. The zero-order valence-electron chi connectivity index (χ0n) is 20.9. The smallest absolute Gasteiger partial charge is 0.478 e. The van der Waals surface area contributed by atoms with Gasteiger partial charge >= 0.3 is 18.1 Å². The van der Waals surface area contributed by atoms with Crippen LogP contribution >= 0.6 is 11.6 Å². The first-order valence-electron chi connectivity index (χ1n) is 11.1. The number of aromatic carboxylic acids is 1. The number of halogens is 4. The molecule has 0 atom stereocenters. The Labute approximate surface area is 221 Å². The van der Waals surface area contributed by atoms with E-state index in [1.54, 1.807) is 36.4 Å². The molecule has 1 heterocycles. The third kappa shape index (κ3) is 7.97. The number of amides is 1. The van der Waals surface area contributed by atoms with E-state index in [2.05, 4.69) is 10.4 Å². The second-order valence-corrected chi connectivity index (χ2v) is 8.69. The van der Waals surface area contributed by atoms with Crippen molar-refractivity contribution in [3.8, 4) is 0 Å². The average molecular weight is 555 g/mol. The molecule has 0 saturated heterocycles. The first-order chi connectivity index (χ1) is 17.6. The van der Waals surface area contributed by atoms with Gasteiger partial charge in [-0.2, -0.15) is 18.3 Å². The van der Waals surface area contributed by atoms with Gasteiger partial charge in [-0.15, -0.1) is 0 Å². The summed E-state index contributed by atoms with van der Waals surface area (Å²) in [6.07, 6.45) is -4.34. The molecule has 0 bridgehead atoms. The lowest BCUT2D eigenvalue weighted by Gasteiger charge is -2.22. The Bertz CT molecular complexity index is 1340. The zero-order valence-corrected chi connectivity index (χ0v) is 21.7. The normalized spacial score (nSPS) is 10.8. The Morgan fingerprint density at radius 1 is 1.11 bits per heavy atom. The van der Waals surface area contributed by atoms with E-state index in [0.717, 1.165) is 23.4 Å². The number of aryl methyl sites for hydroxylation is 2. The van der Waals surface area contributed by atoms with Gasteiger partial charge in [0, 0.05) is 42.6 Å². The fourth-order valence-corrected chi connectivity index (χ4v) is 3.72. The molecule has 1 amide bonds. The molecule has 0 aliphatic heterocycles. The number of hydrogen-bond donors (Lipinski definition) is 3. The number of anilines is 2. The molecule has 0 spiro atoms. The van der Waals surface area contributed by atoms with Crippen LogP contribution in [-0.2, 0) is 18.3 Å². The summed E-state index contributed by atoms with van der Waals surface area (Å²) in [5.41, 5.74) is 4.73. The van der Waals surface area contributed by atoms with Crippen LogP contribution in [0.15, 0.2) is 42.5 Å². The molecule has 13 heteroatoms. The standard InChI is InChI=1S/C23H25ClN4O3.C2HF3O2/c1-14-19(15(2)28(4)26-14)10-11-27(3)21-9-8-18(13-20(21)23(30)31)25-22(29)16-6-5-7-17(24)12-16;3-2(4,5)1(6)7/h5-9,12-13H,10-11H2,1-4H3,(H,25,29)(H,30,31);(H,6,7). The summed E-state index contributed by atoms with van der Waals surface area (Å²) in [6.45, 7) is 4.62. The van der Waals surface area contributed by atoms with Gasteiger partial charge < -0.3 is 20.4 Å². The summed E-state index contributed by atoms with van der Waals surface area (Å²) in [4.78, 5) is 35.1. The minimum atomic E-state index is -5.08. The zero-order chi connectivity index (χ0) is 28.8. The average Bonchev–Trinajstić information content (AvgIpc) is 3.07. The number of nitrogens with one attached hydrogen (secondary N) is 1. The fourth-order valence-electron chi connectivity index (χ4n) is 3.53. The minimum Gasteiger partial charge on any atom is -0.478 e. The van der Waals surface area contributed by atoms with Crippen molar-refractivity contribution in [2.45, 2.75) is 26.4 Å². The lowest BCUT2D eigenvalue weighted by atomic mass is 10.1. The molecule has 0 radical (unpaired) electrons. The Morgan fingerprint density at radius 3 is 2.24 bits per heavy atom. The van der Waals surface area contributed by atoms with E-state index in [0.29, 0.717) is 28.5 Å². The third-order valence-electron chi connectivity index (χ3n) is 5.58. The molecule has 0 aliphatic rings. The summed E-state index contributed by atoms with van der Waals surface area (Å²) < 4.78 is 33.6. The molecule has 0 unspecified atom stereocenters. The molecule has 3 aromatic rings. The largest absolute Gasteiger partial charge is 0.490 e. The van der Waals surface area contributed by atoms with Crippen LogP contribution in [0.25, 0.3) is 0 Å². The minimum absolute atomic E-state index is 0.117. The van der Waals surface area contributed by atoms with Crippen molar-refractivity contribution >= 4 is 40.8 Å². The van der Waals surface area contributed by atoms with Gasteiger partial charge in [-0.25, -0.2) is 9.59 Å². The van der Waals surface area contributed by atoms with Gasteiger partial charge in [-0.3, -0.25) is 9.48 Å². The highest BCUT2D eigenvalue weighted by molar-refractivity contribution is 6.31. The van der Waals surface area contributed by atoms with Gasteiger partial charge in [0.05, 0.1) is 16.9 Å². The molecule has 1 aromatic heterocycles. The van der Waals surface area contributed by atoms with E-state index in [9.17, 15) is 27.9 Å². The van der Waals surface area contributed by atoms with Gasteiger partial charge in [-0.1, -0.05) is 17.7 Å². The number of carbonyl (C=O) groups excluding carboxylic acids is 1. The molecule has 204 valence electrons. The van der Waals surface area contributed by atoms with Crippen molar-refractivity contribution in [1.82, 2.24) is 9.78 Å². The summed E-state index contributed by atoms with van der Waals surface area (Å²) >= 11 is 5.94. The fraction of sp³-hybridized carbons (Fsp3) is 0.280. The molecule has 3 rings (SSSR count). The number of aromatic nitrogens is 2. The Morgan fingerprint density at radius 2 is 1.74 bits per heavy atom. The molecule has 38 heavy (non-hydrogen) atoms. The molecule has 0 saturated carbocycles. The monoisotopic (exact) mass is 554 g/mol. The molecule has 0 fully saturated rings. The highest BCUT2D eigenvalue weighted by Gasteiger charge is 2.38. The highest BCUT2D eigenvalue weighted by Crippen LogP contribution is 2.25. The van der Waals surface area contributed by atoms with Crippen molar-refractivity contribution in [3.63, 3.8) is 0 Å². The predicted octanol–water partition coefficient (Wildman–Crippen LogP) is 4.95. The van der Waals surface area contributed by atoms with Crippen LogP contribution in [0.2, 0.25) is 5.02 Å². The SMILES string of the molecule is Cc1nn(C)c(C)c1CCN(C)c1ccc(NC(=O)c2cccc(Cl)c2)cc1C(=O)O.O=C(O)C(F)(F)F. The summed E-state index contributed by atoms with van der Waals surface area (Å²) in [7, 11) is 3.77. The first kappa shape index (κ1) is 30.2. The number of carboxylic acids is 2. The molecular formula is C25H26ClF3N4O5. The second-order valence-electron chi connectivity index (χ2n) is 8.25. The van der Waals surface area contributed by atoms with Crippen LogP contribution < -0.4 is 10.2 Å². The van der Waals surface area contributed by atoms with Gasteiger partial charge in [0.25, 0.3) is 5.91 Å². The second kappa shape index (κ2) is 12.5. The number of carbonyl (C=O) groups is 3. The summed E-state index contributed by atoms with van der Waals surface area (Å²) in [6, 6.07) is 11.4. The topological polar surface area (TPSA) is 125 Å². The Balaban J connectivity index is 0.000000638. The molecule has 2 aromatic carbocycles. The number of nitrogens with zero attached hydrogens (tertiary/aromatic N) is 3. The Kier molecular flexibility index (Phi) is 9.89. The van der Waals surface area contributed by atoms with Gasteiger partial charge in [-0.05, 0) is 62.2 Å². The van der Waals surface area contributed by atoms with E-state index in [4.69, 9.17) is 21.5 Å². The highest BCUT2D eigenvalue weighted by atomic mass is 35.5. The molecule has 3 N–H and O–H groups in total. The molecular weight excluding hydrogens is 529 g/mol. The van der Waals surface area contributed by atoms with Gasteiger partial charge in [0.1, 0.15) is 0 Å². The van der Waals surface area contributed by atoms with Crippen molar-refractivity contribution in [2.75, 3.05) is 23.8 Å². The van der Waals surface area contributed by atoms with Crippen LogP contribution in [0.4, 0.5) is 24.5 Å². The van der Waals surface area contributed by atoms with Crippen molar-refractivity contribution < 1.29 is 37.8 Å². The maximum Gasteiger partial charge on any atom is 0.490 e. The number of carboxylic acid groups (broad SMARTS) is 2. The van der Waals surface area contributed by atoms with E-state index >= 15 is 0 Å². The molecule has 9 nitrogen and oxygen atoms in total. The van der Waals surface area contributed by atoms with Crippen LogP contribution in [0.3, 0.4) is 0 Å². The van der Waals surface area contributed by atoms with Crippen molar-refractivity contribution in [3.05, 3.63) is 75.6 Å². The molecule has 0 aliphatic carbocycles. The van der Waals surface area contributed by atoms with E-state index < -0.39 is 18.1 Å².